The Hall–Kier alpha value is -2.34. The van der Waals surface area contributed by atoms with Gasteiger partial charge >= 0.3 is 6.16 Å². The average Bonchev–Trinajstić information content (AvgIpc) is 2.86. The van der Waals surface area contributed by atoms with Gasteiger partial charge in [0.15, 0.2) is 5.76 Å². The van der Waals surface area contributed by atoms with Crippen molar-refractivity contribution >= 4 is 17.6 Å². The molecule has 1 amide bonds. The monoisotopic (exact) mass is 386 g/mol. The molecular weight excluding hydrogens is 356 g/mol. The summed E-state index contributed by atoms with van der Waals surface area (Å²) in [4.78, 5) is 25.5. The molecule has 1 spiro atoms. The summed E-state index contributed by atoms with van der Waals surface area (Å²) in [6.45, 7) is 11.6. The second-order valence-electron chi connectivity index (χ2n) is 9.01. The standard InChI is InChI=1S/C22H30N2O4/c1-14-6-7-15(2)16(12-14)17-18(28-20(26)27-13-21(3,4)5)22(24-19(17)25)8-10-23-11-9-22/h6-7,12,23H,8-11,13H2,1-5H3,(H,24,25). The van der Waals surface area contributed by atoms with Gasteiger partial charge in [-0.1, -0.05) is 44.5 Å². The number of piperidine rings is 1. The van der Waals surface area contributed by atoms with E-state index in [-0.39, 0.29) is 17.9 Å². The van der Waals surface area contributed by atoms with Crippen LogP contribution < -0.4 is 10.6 Å². The molecule has 0 unspecified atom stereocenters. The molecule has 2 aliphatic rings. The summed E-state index contributed by atoms with van der Waals surface area (Å²) >= 11 is 0. The van der Waals surface area contributed by atoms with E-state index in [2.05, 4.69) is 10.6 Å². The molecule has 1 saturated heterocycles. The zero-order valence-electron chi connectivity index (χ0n) is 17.4. The van der Waals surface area contributed by atoms with Crippen LogP contribution in [0.3, 0.4) is 0 Å². The molecule has 2 heterocycles. The van der Waals surface area contributed by atoms with Gasteiger partial charge in [0.05, 0.1) is 12.2 Å². The van der Waals surface area contributed by atoms with Crippen LogP contribution in [0.15, 0.2) is 24.0 Å². The zero-order valence-corrected chi connectivity index (χ0v) is 17.4. The molecule has 1 aromatic carbocycles. The van der Waals surface area contributed by atoms with E-state index in [1.54, 1.807) is 0 Å². The van der Waals surface area contributed by atoms with Crippen molar-refractivity contribution in [2.45, 2.75) is 53.0 Å². The summed E-state index contributed by atoms with van der Waals surface area (Å²) in [5, 5.41) is 6.41. The minimum atomic E-state index is -0.762. The van der Waals surface area contributed by atoms with Crippen molar-refractivity contribution in [2.24, 2.45) is 5.41 Å². The van der Waals surface area contributed by atoms with Crippen LogP contribution >= 0.6 is 0 Å². The Morgan fingerprint density at radius 2 is 1.86 bits per heavy atom. The maximum absolute atomic E-state index is 13.0. The number of benzene rings is 1. The number of ether oxygens (including phenoxy) is 2. The van der Waals surface area contributed by atoms with E-state index in [0.29, 0.717) is 24.2 Å². The van der Waals surface area contributed by atoms with Crippen LogP contribution in [0.25, 0.3) is 5.57 Å². The van der Waals surface area contributed by atoms with Gasteiger partial charge in [-0.15, -0.1) is 0 Å². The lowest BCUT2D eigenvalue weighted by molar-refractivity contribution is -0.116. The first kappa shape index (κ1) is 20.4. The van der Waals surface area contributed by atoms with Gasteiger partial charge in [0.2, 0.25) is 0 Å². The predicted octanol–water partition coefficient (Wildman–Crippen LogP) is 3.47. The van der Waals surface area contributed by atoms with E-state index >= 15 is 0 Å². The smallest absolute Gasteiger partial charge is 0.433 e. The fourth-order valence-electron chi connectivity index (χ4n) is 3.67. The first-order chi connectivity index (χ1) is 13.1. The maximum atomic E-state index is 13.0. The number of amides is 1. The van der Waals surface area contributed by atoms with Crippen LogP contribution in [-0.4, -0.2) is 37.3 Å². The fourth-order valence-corrected chi connectivity index (χ4v) is 3.67. The summed E-state index contributed by atoms with van der Waals surface area (Å²) < 4.78 is 11.1. The lowest BCUT2D eigenvalue weighted by Crippen LogP contribution is -2.52. The summed E-state index contributed by atoms with van der Waals surface area (Å²) in [7, 11) is 0. The molecule has 0 aliphatic carbocycles. The van der Waals surface area contributed by atoms with Gasteiger partial charge in [0.25, 0.3) is 5.91 Å². The molecule has 0 aromatic heterocycles. The number of rotatable bonds is 3. The molecule has 6 heteroatoms. The molecular formula is C22H30N2O4. The summed E-state index contributed by atoms with van der Waals surface area (Å²) in [5.74, 6) is 0.195. The Morgan fingerprint density at radius 1 is 1.18 bits per heavy atom. The van der Waals surface area contributed by atoms with Crippen molar-refractivity contribution in [1.82, 2.24) is 10.6 Å². The van der Waals surface area contributed by atoms with Crippen molar-refractivity contribution < 1.29 is 19.1 Å². The van der Waals surface area contributed by atoms with Crippen LogP contribution in [0.1, 0.15) is 50.3 Å². The van der Waals surface area contributed by atoms with Crippen LogP contribution in [0.5, 0.6) is 0 Å². The van der Waals surface area contributed by atoms with Crippen LogP contribution in [0.2, 0.25) is 0 Å². The fraction of sp³-hybridized carbons (Fsp3) is 0.545. The Kier molecular flexibility index (Phi) is 5.53. The number of nitrogens with one attached hydrogen (secondary N) is 2. The van der Waals surface area contributed by atoms with E-state index in [0.717, 1.165) is 29.8 Å². The molecule has 0 bridgehead atoms. The molecule has 28 heavy (non-hydrogen) atoms. The summed E-state index contributed by atoms with van der Waals surface area (Å²) in [6, 6.07) is 5.95. The topological polar surface area (TPSA) is 76.7 Å². The largest absolute Gasteiger partial charge is 0.513 e. The highest BCUT2D eigenvalue weighted by molar-refractivity contribution is 6.23. The molecule has 1 fully saturated rings. The van der Waals surface area contributed by atoms with Crippen LogP contribution in [0, 0.1) is 19.3 Å². The van der Waals surface area contributed by atoms with Gasteiger partial charge in [-0.05, 0) is 56.3 Å². The minimum Gasteiger partial charge on any atom is -0.433 e. The van der Waals surface area contributed by atoms with Gasteiger partial charge in [0, 0.05) is 0 Å². The molecule has 2 N–H and O–H groups in total. The molecule has 2 aliphatic heterocycles. The molecule has 0 radical (unpaired) electrons. The summed E-state index contributed by atoms with van der Waals surface area (Å²) in [6.07, 6.45) is 0.561. The normalized spacial score (nSPS) is 19.0. The van der Waals surface area contributed by atoms with E-state index in [1.807, 2.05) is 52.8 Å². The van der Waals surface area contributed by atoms with Gasteiger partial charge < -0.3 is 20.1 Å². The predicted molar refractivity (Wildman–Crippen MR) is 108 cm³/mol. The molecule has 6 nitrogen and oxygen atoms in total. The first-order valence-corrected chi connectivity index (χ1v) is 9.82. The van der Waals surface area contributed by atoms with Crippen LogP contribution in [-0.2, 0) is 14.3 Å². The second kappa shape index (κ2) is 7.59. The lowest BCUT2D eigenvalue weighted by Gasteiger charge is -2.35. The van der Waals surface area contributed by atoms with Crippen molar-refractivity contribution in [2.75, 3.05) is 19.7 Å². The third kappa shape index (κ3) is 4.22. The number of hydrogen-bond acceptors (Lipinski definition) is 5. The maximum Gasteiger partial charge on any atom is 0.513 e. The van der Waals surface area contributed by atoms with Gasteiger partial charge in [-0.25, -0.2) is 4.79 Å². The second-order valence-corrected chi connectivity index (χ2v) is 9.01. The van der Waals surface area contributed by atoms with E-state index < -0.39 is 11.7 Å². The van der Waals surface area contributed by atoms with Gasteiger partial charge in [-0.2, -0.15) is 0 Å². The van der Waals surface area contributed by atoms with Crippen LogP contribution in [0.4, 0.5) is 4.79 Å². The number of hydrogen-bond donors (Lipinski definition) is 2. The van der Waals surface area contributed by atoms with E-state index in [1.165, 1.54) is 0 Å². The Bertz CT molecular complexity index is 814. The average molecular weight is 386 g/mol. The quantitative estimate of drug-likeness (QED) is 0.778. The minimum absolute atomic E-state index is 0.167. The lowest BCUT2D eigenvalue weighted by atomic mass is 9.86. The molecule has 1 aromatic rings. The van der Waals surface area contributed by atoms with Crippen molar-refractivity contribution in [3.8, 4) is 0 Å². The third-order valence-corrected chi connectivity index (χ3v) is 5.17. The zero-order chi connectivity index (χ0) is 20.5. The van der Waals surface area contributed by atoms with Gasteiger partial charge in [0.1, 0.15) is 5.54 Å². The molecule has 152 valence electrons. The number of carbonyl (C=O) groups is 2. The molecule has 3 rings (SSSR count). The molecule has 0 saturated carbocycles. The third-order valence-electron chi connectivity index (χ3n) is 5.17. The van der Waals surface area contributed by atoms with Crippen molar-refractivity contribution in [3.63, 3.8) is 0 Å². The number of aryl methyl sites for hydroxylation is 2. The SMILES string of the molecule is Cc1ccc(C)c(C2=C(OC(=O)OCC(C)(C)C)C3(CCNCC3)NC2=O)c1. The highest BCUT2D eigenvalue weighted by Gasteiger charge is 2.49. The van der Waals surface area contributed by atoms with Crippen molar-refractivity contribution in [1.29, 1.82) is 0 Å². The Labute approximate surface area is 166 Å². The van der Waals surface area contributed by atoms with E-state index in [9.17, 15) is 9.59 Å². The number of carbonyl (C=O) groups excluding carboxylic acids is 2. The highest BCUT2D eigenvalue weighted by Crippen LogP contribution is 2.40. The highest BCUT2D eigenvalue weighted by atomic mass is 16.7. The molecule has 0 atom stereocenters. The Morgan fingerprint density at radius 3 is 2.50 bits per heavy atom. The van der Waals surface area contributed by atoms with E-state index in [4.69, 9.17) is 9.47 Å². The Balaban J connectivity index is 2.02. The van der Waals surface area contributed by atoms with Crippen molar-refractivity contribution in [3.05, 3.63) is 40.6 Å². The summed E-state index contributed by atoms with van der Waals surface area (Å²) in [5.41, 5.74) is 2.41. The first-order valence-electron chi connectivity index (χ1n) is 9.82. The van der Waals surface area contributed by atoms with Gasteiger partial charge in [-0.3, -0.25) is 4.79 Å².